The Balaban J connectivity index is 2.05. The topological polar surface area (TPSA) is 71.3 Å². The second-order valence-corrected chi connectivity index (χ2v) is 4.51. The zero-order valence-corrected chi connectivity index (χ0v) is 11.3. The highest BCUT2D eigenvalue weighted by molar-refractivity contribution is 6.30. The summed E-state index contributed by atoms with van der Waals surface area (Å²) in [7, 11) is 3.31. The first kappa shape index (κ1) is 13.4. The van der Waals surface area contributed by atoms with Gasteiger partial charge in [-0.3, -0.25) is 0 Å². The van der Waals surface area contributed by atoms with Crippen LogP contribution in [0.1, 0.15) is 5.89 Å². The summed E-state index contributed by atoms with van der Waals surface area (Å²) in [6, 6.07) is 6.93. The molecule has 19 heavy (non-hydrogen) atoms. The molecule has 2 rings (SSSR count). The quantitative estimate of drug-likeness (QED) is 0.935. The van der Waals surface area contributed by atoms with Crippen LogP contribution in [0, 0.1) is 0 Å². The molecule has 0 unspecified atom stereocenters. The lowest BCUT2D eigenvalue weighted by molar-refractivity contribution is 0.215. The minimum Gasteiger partial charge on any atom is -0.337 e. The molecule has 0 fully saturated rings. The van der Waals surface area contributed by atoms with Gasteiger partial charge in [-0.05, 0) is 12.1 Å². The Morgan fingerprint density at radius 1 is 1.47 bits per heavy atom. The smallest absolute Gasteiger partial charge is 0.317 e. The molecule has 0 aliphatic carbocycles. The highest BCUT2D eigenvalue weighted by Gasteiger charge is 2.10. The van der Waals surface area contributed by atoms with E-state index >= 15 is 0 Å². The van der Waals surface area contributed by atoms with Crippen molar-refractivity contribution in [3.63, 3.8) is 0 Å². The minimum absolute atomic E-state index is 0.185. The molecule has 7 heteroatoms. The largest absolute Gasteiger partial charge is 0.337 e. The SMILES string of the molecule is CN(C)C(=O)NCc1nc(-c2cccc(Cl)c2)no1. The fraction of sp³-hybridized carbons (Fsp3) is 0.250. The van der Waals surface area contributed by atoms with E-state index in [1.807, 2.05) is 12.1 Å². The van der Waals surface area contributed by atoms with E-state index in [0.717, 1.165) is 5.56 Å². The van der Waals surface area contributed by atoms with Crippen LogP contribution in [0.25, 0.3) is 11.4 Å². The number of hydrogen-bond donors (Lipinski definition) is 1. The fourth-order valence-corrected chi connectivity index (χ4v) is 1.57. The standard InChI is InChI=1S/C12H13ClN4O2/c1-17(2)12(18)14-7-10-15-11(16-19-10)8-4-3-5-9(13)6-8/h3-6H,7H2,1-2H3,(H,14,18). The van der Waals surface area contributed by atoms with Crippen molar-refractivity contribution in [1.29, 1.82) is 0 Å². The lowest BCUT2D eigenvalue weighted by Gasteiger charge is -2.09. The molecule has 100 valence electrons. The van der Waals surface area contributed by atoms with Gasteiger partial charge in [0.25, 0.3) is 0 Å². The Morgan fingerprint density at radius 2 is 2.26 bits per heavy atom. The van der Waals surface area contributed by atoms with Crippen molar-refractivity contribution in [3.8, 4) is 11.4 Å². The van der Waals surface area contributed by atoms with Gasteiger partial charge in [0.15, 0.2) is 0 Å². The van der Waals surface area contributed by atoms with Crippen LogP contribution in [0.4, 0.5) is 4.79 Å². The predicted octanol–water partition coefficient (Wildman–Crippen LogP) is 2.16. The van der Waals surface area contributed by atoms with Crippen LogP contribution in [0.15, 0.2) is 28.8 Å². The van der Waals surface area contributed by atoms with Crippen molar-refractivity contribution < 1.29 is 9.32 Å². The zero-order valence-electron chi connectivity index (χ0n) is 10.6. The van der Waals surface area contributed by atoms with Gasteiger partial charge in [-0.2, -0.15) is 4.98 Å². The molecular formula is C12H13ClN4O2. The monoisotopic (exact) mass is 280 g/mol. The molecule has 1 N–H and O–H groups in total. The van der Waals surface area contributed by atoms with Crippen LogP contribution in [0.2, 0.25) is 5.02 Å². The lowest BCUT2D eigenvalue weighted by Crippen LogP contribution is -2.33. The number of amides is 2. The van der Waals surface area contributed by atoms with Crippen LogP contribution in [-0.2, 0) is 6.54 Å². The molecule has 0 radical (unpaired) electrons. The first-order chi connectivity index (χ1) is 9.06. The maximum absolute atomic E-state index is 11.3. The first-order valence-electron chi connectivity index (χ1n) is 5.60. The van der Waals surface area contributed by atoms with Crippen LogP contribution in [0.5, 0.6) is 0 Å². The van der Waals surface area contributed by atoms with Crippen molar-refractivity contribution in [3.05, 3.63) is 35.2 Å². The number of urea groups is 1. The molecule has 1 heterocycles. The maximum atomic E-state index is 11.3. The number of nitrogens with one attached hydrogen (secondary N) is 1. The van der Waals surface area contributed by atoms with E-state index in [1.165, 1.54) is 4.90 Å². The van der Waals surface area contributed by atoms with Gasteiger partial charge in [0.1, 0.15) is 0 Å². The van der Waals surface area contributed by atoms with Crippen LogP contribution in [-0.4, -0.2) is 35.2 Å². The Bertz CT molecular complexity index is 583. The molecule has 1 aromatic heterocycles. The maximum Gasteiger partial charge on any atom is 0.317 e. The average Bonchev–Trinajstić information content (AvgIpc) is 2.84. The summed E-state index contributed by atoms with van der Waals surface area (Å²) in [5.41, 5.74) is 0.765. The molecule has 1 aromatic carbocycles. The average molecular weight is 281 g/mol. The van der Waals surface area contributed by atoms with Gasteiger partial charge >= 0.3 is 6.03 Å². The van der Waals surface area contributed by atoms with E-state index < -0.39 is 0 Å². The number of rotatable bonds is 3. The van der Waals surface area contributed by atoms with Gasteiger partial charge in [0.05, 0.1) is 6.54 Å². The minimum atomic E-state index is -0.220. The zero-order chi connectivity index (χ0) is 13.8. The number of nitrogens with zero attached hydrogens (tertiary/aromatic N) is 3. The highest BCUT2D eigenvalue weighted by Crippen LogP contribution is 2.19. The summed E-state index contributed by atoms with van der Waals surface area (Å²) in [5, 5.41) is 7.08. The van der Waals surface area contributed by atoms with Crippen LogP contribution in [0.3, 0.4) is 0 Å². The summed E-state index contributed by atoms with van der Waals surface area (Å²) in [5.74, 6) is 0.779. The number of carbonyl (C=O) groups is 1. The van der Waals surface area contributed by atoms with Gasteiger partial charge in [0.2, 0.25) is 11.7 Å². The van der Waals surface area contributed by atoms with Crippen LogP contribution < -0.4 is 5.32 Å². The Hall–Kier alpha value is -2.08. The van der Waals surface area contributed by atoms with Gasteiger partial charge in [-0.25, -0.2) is 4.79 Å². The number of carbonyl (C=O) groups excluding carboxylic acids is 1. The molecule has 2 amide bonds. The summed E-state index contributed by atoms with van der Waals surface area (Å²) in [6.07, 6.45) is 0. The molecular weight excluding hydrogens is 268 g/mol. The molecule has 0 aliphatic rings. The molecule has 0 spiro atoms. The molecule has 0 bridgehead atoms. The molecule has 2 aromatic rings. The van der Waals surface area contributed by atoms with E-state index in [4.69, 9.17) is 16.1 Å². The summed E-state index contributed by atoms with van der Waals surface area (Å²) in [6.45, 7) is 0.185. The normalized spacial score (nSPS) is 10.3. The number of aromatic nitrogens is 2. The van der Waals surface area contributed by atoms with Gasteiger partial charge in [0, 0.05) is 24.7 Å². The summed E-state index contributed by atoms with van der Waals surface area (Å²) >= 11 is 5.89. The molecule has 0 aliphatic heterocycles. The first-order valence-corrected chi connectivity index (χ1v) is 5.98. The number of benzene rings is 1. The fourth-order valence-electron chi connectivity index (χ4n) is 1.38. The van der Waals surface area contributed by atoms with E-state index in [9.17, 15) is 4.79 Å². The predicted molar refractivity (Wildman–Crippen MR) is 70.7 cm³/mol. The van der Waals surface area contributed by atoms with Gasteiger partial charge in [-0.15, -0.1) is 0 Å². The summed E-state index contributed by atoms with van der Waals surface area (Å²) in [4.78, 5) is 17.0. The summed E-state index contributed by atoms with van der Waals surface area (Å²) < 4.78 is 5.05. The van der Waals surface area contributed by atoms with Crippen molar-refractivity contribution in [2.75, 3.05) is 14.1 Å². The highest BCUT2D eigenvalue weighted by atomic mass is 35.5. The molecule has 0 atom stereocenters. The lowest BCUT2D eigenvalue weighted by atomic mass is 10.2. The second kappa shape index (κ2) is 5.71. The van der Waals surface area contributed by atoms with Crippen molar-refractivity contribution in [1.82, 2.24) is 20.4 Å². The molecule has 6 nitrogen and oxygen atoms in total. The third-order valence-corrected chi connectivity index (χ3v) is 2.58. The third-order valence-electron chi connectivity index (χ3n) is 2.35. The second-order valence-electron chi connectivity index (χ2n) is 4.08. The molecule has 0 saturated carbocycles. The number of hydrogen-bond acceptors (Lipinski definition) is 4. The number of halogens is 1. The van der Waals surface area contributed by atoms with Crippen LogP contribution >= 0.6 is 11.6 Å². The third kappa shape index (κ3) is 3.45. The van der Waals surface area contributed by atoms with E-state index in [1.54, 1.807) is 26.2 Å². The Kier molecular flexibility index (Phi) is 4.01. The van der Waals surface area contributed by atoms with E-state index in [2.05, 4.69) is 15.5 Å². The van der Waals surface area contributed by atoms with E-state index in [-0.39, 0.29) is 12.6 Å². The van der Waals surface area contributed by atoms with Gasteiger partial charge < -0.3 is 14.7 Å². The molecule has 0 saturated heterocycles. The van der Waals surface area contributed by atoms with E-state index in [0.29, 0.717) is 16.7 Å². The van der Waals surface area contributed by atoms with Crippen molar-refractivity contribution in [2.24, 2.45) is 0 Å². The van der Waals surface area contributed by atoms with Gasteiger partial charge in [-0.1, -0.05) is 28.9 Å². The Labute approximate surface area is 115 Å². The van der Waals surface area contributed by atoms with Crippen molar-refractivity contribution >= 4 is 17.6 Å². The van der Waals surface area contributed by atoms with Crippen molar-refractivity contribution in [2.45, 2.75) is 6.54 Å². The Morgan fingerprint density at radius 3 is 2.95 bits per heavy atom.